The number of benzene rings is 1. The molecular formula is C16H21Br2N3O2. The Morgan fingerprint density at radius 2 is 2.04 bits per heavy atom. The van der Waals surface area contributed by atoms with Crippen molar-refractivity contribution in [2.24, 2.45) is 11.0 Å². The van der Waals surface area contributed by atoms with E-state index in [1.165, 1.54) is 5.71 Å². The number of fused-ring (bicyclic) bond motifs is 1. The summed E-state index contributed by atoms with van der Waals surface area (Å²) >= 11 is 7.20. The molecule has 0 bridgehead atoms. The summed E-state index contributed by atoms with van der Waals surface area (Å²) in [6.45, 7) is 5.40. The first-order valence-electron chi connectivity index (χ1n) is 7.74. The van der Waals surface area contributed by atoms with Crippen LogP contribution in [0.2, 0.25) is 0 Å². The Bertz CT molecular complexity index is 636. The summed E-state index contributed by atoms with van der Waals surface area (Å²) in [5.41, 5.74) is 5.68. The number of hydrogen-bond donors (Lipinski definition) is 1. The number of ether oxygens (including phenoxy) is 2. The minimum absolute atomic E-state index is 0.118. The largest absolute Gasteiger partial charge is 0.495 e. The van der Waals surface area contributed by atoms with E-state index in [2.05, 4.69) is 60.3 Å². The van der Waals surface area contributed by atoms with E-state index in [0.717, 1.165) is 52.1 Å². The number of hydrazone groups is 1. The second-order valence-corrected chi connectivity index (χ2v) is 7.44. The molecular weight excluding hydrogens is 426 g/mol. The van der Waals surface area contributed by atoms with Crippen LogP contribution >= 0.6 is 31.9 Å². The summed E-state index contributed by atoms with van der Waals surface area (Å²) in [4.78, 5) is 2.48. The molecule has 0 spiro atoms. The van der Waals surface area contributed by atoms with Crippen molar-refractivity contribution in [2.45, 2.75) is 19.4 Å². The first-order chi connectivity index (χ1) is 11.1. The van der Waals surface area contributed by atoms with Crippen LogP contribution in [-0.4, -0.2) is 44.5 Å². The summed E-state index contributed by atoms with van der Waals surface area (Å²) in [6.07, 6.45) is 1.03. The van der Waals surface area contributed by atoms with Gasteiger partial charge in [0.15, 0.2) is 5.75 Å². The quantitative estimate of drug-likeness (QED) is 0.767. The molecule has 0 radical (unpaired) electrons. The van der Waals surface area contributed by atoms with Crippen LogP contribution in [0.1, 0.15) is 24.9 Å². The highest BCUT2D eigenvalue weighted by Crippen LogP contribution is 2.47. The van der Waals surface area contributed by atoms with Crippen molar-refractivity contribution >= 4 is 37.6 Å². The van der Waals surface area contributed by atoms with E-state index in [9.17, 15) is 0 Å². The summed E-state index contributed by atoms with van der Waals surface area (Å²) in [6, 6.07) is 2.19. The Morgan fingerprint density at radius 1 is 1.30 bits per heavy atom. The molecule has 2 atom stereocenters. The maximum absolute atomic E-state index is 5.67. The Kier molecular flexibility index (Phi) is 5.18. The van der Waals surface area contributed by atoms with Crippen molar-refractivity contribution in [3.05, 3.63) is 20.6 Å². The highest BCUT2D eigenvalue weighted by Gasteiger charge is 2.38. The molecule has 0 aromatic heterocycles. The standard InChI is InChI=1S/C16H21Br2N3O2/c1-4-21-6-5-12-10(8-21)14(20-19-12)9-7-11(17)16(23-3)13(18)15(9)22-2/h7,10,14,20H,4-6,8H2,1-3H3. The fraction of sp³-hybridized carbons (Fsp3) is 0.562. The van der Waals surface area contributed by atoms with E-state index in [0.29, 0.717) is 5.92 Å². The fourth-order valence-corrected chi connectivity index (χ4v) is 5.05. The molecule has 1 aromatic rings. The summed E-state index contributed by atoms with van der Waals surface area (Å²) in [5, 5.41) is 4.58. The summed E-state index contributed by atoms with van der Waals surface area (Å²) < 4.78 is 12.8. The Hall–Kier alpha value is -0.790. The zero-order chi connectivity index (χ0) is 16.6. The van der Waals surface area contributed by atoms with Gasteiger partial charge in [-0.1, -0.05) is 6.92 Å². The number of halogens is 2. The Labute approximate surface area is 153 Å². The van der Waals surface area contributed by atoms with Gasteiger partial charge in [-0.05, 0) is 44.5 Å². The average Bonchev–Trinajstić information content (AvgIpc) is 2.97. The Balaban J connectivity index is 1.99. The Morgan fingerprint density at radius 3 is 2.70 bits per heavy atom. The first kappa shape index (κ1) is 17.0. The molecule has 1 fully saturated rings. The fourth-order valence-electron chi connectivity index (χ4n) is 3.41. The highest BCUT2D eigenvalue weighted by atomic mass is 79.9. The van der Waals surface area contributed by atoms with Crippen molar-refractivity contribution in [1.29, 1.82) is 0 Å². The SMILES string of the molecule is CCN1CCC2=NNC(c3cc(Br)c(OC)c(Br)c3OC)C2C1. The number of likely N-dealkylation sites (tertiary alicyclic amines) is 1. The second-order valence-electron chi connectivity index (χ2n) is 5.79. The lowest BCUT2D eigenvalue weighted by atomic mass is 9.86. The molecule has 23 heavy (non-hydrogen) atoms. The van der Waals surface area contributed by atoms with Gasteiger partial charge in [0.25, 0.3) is 0 Å². The van der Waals surface area contributed by atoms with Gasteiger partial charge >= 0.3 is 0 Å². The van der Waals surface area contributed by atoms with E-state index in [4.69, 9.17) is 9.47 Å². The summed E-state index contributed by atoms with van der Waals surface area (Å²) in [5.74, 6) is 1.92. The van der Waals surface area contributed by atoms with Gasteiger partial charge in [0.1, 0.15) is 10.2 Å². The molecule has 0 amide bonds. The van der Waals surface area contributed by atoms with Gasteiger partial charge in [0.05, 0.1) is 24.7 Å². The normalized spacial score (nSPS) is 24.0. The molecule has 2 aliphatic heterocycles. The molecule has 1 aromatic carbocycles. The first-order valence-corrected chi connectivity index (χ1v) is 9.33. The van der Waals surface area contributed by atoms with Crippen LogP contribution in [0.15, 0.2) is 20.1 Å². The molecule has 7 heteroatoms. The lowest BCUT2D eigenvalue weighted by molar-refractivity contribution is 0.237. The predicted molar refractivity (Wildman–Crippen MR) is 98.5 cm³/mol. The predicted octanol–water partition coefficient (Wildman–Crippen LogP) is 3.57. The van der Waals surface area contributed by atoms with E-state index in [-0.39, 0.29) is 6.04 Å². The van der Waals surface area contributed by atoms with Crippen LogP contribution in [0.5, 0.6) is 11.5 Å². The molecule has 1 saturated heterocycles. The minimum atomic E-state index is 0.118. The zero-order valence-corrected chi connectivity index (χ0v) is 16.7. The van der Waals surface area contributed by atoms with Gasteiger partial charge < -0.3 is 19.8 Å². The van der Waals surface area contributed by atoms with Crippen molar-refractivity contribution in [2.75, 3.05) is 33.9 Å². The topological polar surface area (TPSA) is 46.1 Å². The van der Waals surface area contributed by atoms with E-state index in [1.54, 1.807) is 14.2 Å². The molecule has 2 unspecified atom stereocenters. The molecule has 5 nitrogen and oxygen atoms in total. The second kappa shape index (κ2) is 6.99. The van der Waals surface area contributed by atoms with Crippen LogP contribution in [0.3, 0.4) is 0 Å². The van der Waals surface area contributed by atoms with E-state index >= 15 is 0 Å². The monoisotopic (exact) mass is 445 g/mol. The third-order valence-corrected chi connectivity index (χ3v) is 5.98. The third-order valence-electron chi connectivity index (χ3n) is 4.67. The molecule has 2 aliphatic rings. The van der Waals surface area contributed by atoms with Gasteiger partial charge in [0.2, 0.25) is 0 Å². The van der Waals surface area contributed by atoms with Gasteiger partial charge in [0, 0.05) is 36.7 Å². The van der Waals surface area contributed by atoms with Crippen molar-refractivity contribution in [1.82, 2.24) is 10.3 Å². The lowest BCUT2D eigenvalue weighted by Gasteiger charge is -2.33. The number of piperidine rings is 1. The molecule has 2 heterocycles. The molecule has 1 N–H and O–H groups in total. The van der Waals surface area contributed by atoms with E-state index < -0.39 is 0 Å². The number of nitrogens with zero attached hydrogens (tertiary/aromatic N) is 2. The van der Waals surface area contributed by atoms with Crippen LogP contribution in [0.25, 0.3) is 0 Å². The smallest absolute Gasteiger partial charge is 0.151 e. The highest BCUT2D eigenvalue weighted by molar-refractivity contribution is 9.11. The minimum Gasteiger partial charge on any atom is -0.495 e. The maximum Gasteiger partial charge on any atom is 0.151 e. The molecule has 0 aliphatic carbocycles. The van der Waals surface area contributed by atoms with Gasteiger partial charge in [-0.15, -0.1) is 0 Å². The summed E-state index contributed by atoms with van der Waals surface area (Å²) in [7, 11) is 3.34. The lowest BCUT2D eigenvalue weighted by Crippen LogP contribution is -2.41. The molecule has 126 valence electrons. The van der Waals surface area contributed by atoms with Gasteiger partial charge in [-0.3, -0.25) is 0 Å². The number of nitrogens with one attached hydrogen (secondary N) is 1. The number of rotatable bonds is 4. The number of methoxy groups -OCH3 is 2. The van der Waals surface area contributed by atoms with Gasteiger partial charge in [-0.25, -0.2) is 0 Å². The molecule has 0 saturated carbocycles. The number of hydrogen-bond acceptors (Lipinski definition) is 5. The van der Waals surface area contributed by atoms with Crippen molar-refractivity contribution in [3.8, 4) is 11.5 Å². The van der Waals surface area contributed by atoms with Crippen LogP contribution < -0.4 is 14.9 Å². The van der Waals surface area contributed by atoms with E-state index in [1.807, 2.05) is 0 Å². The van der Waals surface area contributed by atoms with Crippen molar-refractivity contribution < 1.29 is 9.47 Å². The zero-order valence-electron chi connectivity index (χ0n) is 13.5. The van der Waals surface area contributed by atoms with Crippen LogP contribution in [0.4, 0.5) is 0 Å². The maximum atomic E-state index is 5.67. The van der Waals surface area contributed by atoms with Crippen LogP contribution in [-0.2, 0) is 0 Å². The third kappa shape index (κ3) is 2.98. The molecule has 3 rings (SSSR count). The van der Waals surface area contributed by atoms with Crippen LogP contribution in [0, 0.1) is 5.92 Å². The average molecular weight is 447 g/mol. The van der Waals surface area contributed by atoms with Crippen molar-refractivity contribution in [3.63, 3.8) is 0 Å². The van der Waals surface area contributed by atoms with Gasteiger partial charge in [-0.2, -0.15) is 5.10 Å².